The number of benzene rings is 1. The van der Waals surface area contributed by atoms with E-state index in [9.17, 15) is 15.3 Å². The quantitative estimate of drug-likeness (QED) is 0.397. The highest BCUT2D eigenvalue weighted by molar-refractivity contribution is 5.27. The van der Waals surface area contributed by atoms with Crippen molar-refractivity contribution in [1.29, 1.82) is 0 Å². The lowest BCUT2D eigenvalue weighted by atomic mass is 9.93. The summed E-state index contributed by atoms with van der Waals surface area (Å²) in [6, 6.07) is 7.98. The van der Waals surface area contributed by atoms with Gasteiger partial charge in [-0.2, -0.15) is 0 Å². The summed E-state index contributed by atoms with van der Waals surface area (Å²) < 4.78 is 15.6. The van der Waals surface area contributed by atoms with Gasteiger partial charge in [0.1, 0.15) is 18.0 Å². The van der Waals surface area contributed by atoms with Gasteiger partial charge in [0.2, 0.25) is 0 Å². The number of aryl methyl sites for hydroxylation is 1. The lowest BCUT2D eigenvalue weighted by Gasteiger charge is -2.45. The predicted octanol–water partition coefficient (Wildman–Crippen LogP) is 0.539. The normalized spacial score (nSPS) is 32.6. The summed E-state index contributed by atoms with van der Waals surface area (Å²) in [5.74, 6) is -0.955. The Morgan fingerprint density at radius 3 is 2.32 bits per heavy atom. The van der Waals surface area contributed by atoms with Gasteiger partial charge in [-0.25, -0.2) is 0 Å². The first-order valence-corrected chi connectivity index (χ1v) is 8.60. The topological polar surface area (TPSA) is 114 Å². The number of aliphatic hydroxyl groups is 3. The van der Waals surface area contributed by atoms with Gasteiger partial charge in [0.15, 0.2) is 6.10 Å². The van der Waals surface area contributed by atoms with Crippen LogP contribution in [0.25, 0.3) is 0 Å². The lowest BCUT2D eigenvalue weighted by Crippen LogP contribution is -2.69. The minimum Gasteiger partial charge on any atom is -0.497 e. The first-order valence-electron chi connectivity index (χ1n) is 8.60. The van der Waals surface area contributed by atoms with Crippen LogP contribution in [-0.2, 0) is 15.9 Å². The minimum atomic E-state index is -1.80. The Balaban J connectivity index is 1.74. The number of aliphatic hydroxyl groups excluding tert-OH is 3. The molecular formula is C18H29NO6. The molecule has 25 heavy (non-hydrogen) atoms. The summed E-state index contributed by atoms with van der Waals surface area (Å²) >= 11 is 0. The minimum absolute atomic E-state index is 0.524. The number of hydrogen-bond acceptors (Lipinski definition) is 7. The number of unbranched alkanes of at least 4 members (excludes halogenated alkanes) is 2. The van der Waals surface area contributed by atoms with Crippen LogP contribution in [-0.4, -0.2) is 59.9 Å². The van der Waals surface area contributed by atoms with E-state index in [1.54, 1.807) is 7.11 Å². The van der Waals surface area contributed by atoms with Gasteiger partial charge in [0.05, 0.1) is 13.2 Å². The molecule has 0 aromatic heterocycles. The molecule has 0 saturated carbocycles. The van der Waals surface area contributed by atoms with E-state index in [-0.39, 0.29) is 0 Å². The number of hydrogen-bond donors (Lipinski definition) is 4. The predicted molar refractivity (Wildman–Crippen MR) is 92.0 cm³/mol. The lowest BCUT2D eigenvalue weighted by molar-refractivity contribution is -0.352. The number of rotatable bonds is 8. The molecule has 0 unspecified atom stereocenters. The molecule has 0 aliphatic carbocycles. The molecule has 1 aromatic carbocycles. The Morgan fingerprint density at radius 2 is 1.72 bits per heavy atom. The summed E-state index contributed by atoms with van der Waals surface area (Å²) in [6.45, 7) is 0. The Hall–Kier alpha value is -1.22. The second-order valence-electron chi connectivity index (χ2n) is 6.46. The first kappa shape index (κ1) is 20.1. The monoisotopic (exact) mass is 355 g/mol. The van der Waals surface area contributed by atoms with E-state index < -0.39 is 30.3 Å². The maximum absolute atomic E-state index is 10.1. The third kappa shape index (κ3) is 4.91. The molecule has 0 amide bonds. The standard InChI is InChI=1S/C18H29NO6/c1-23-13-10-8-12(9-11-13)6-4-3-5-7-14-15(20)16(21)17(22)18(19,24-2)25-14/h8-11,14-17,20-22H,3-7,19H2,1-2H3/t14-,15-,16+,17-,18-/m1/s1. The molecule has 1 aliphatic rings. The van der Waals surface area contributed by atoms with Crippen molar-refractivity contribution < 1.29 is 29.5 Å². The molecule has 0 bridgehead atoms. The summed E-state index contributed by atoms with van der Waals surface area (Å²) in [5, 5.41) is 29.9. The van der Waals surface area contributed by atoms with E-state index >= 15 is 0 Å². The van der Waals surface area contributed by atoms with Crippen LogP contribution < -0.4 is 10.5 Å². The molecule has 7 heteroatoms. The van der Waals surface area contributed by atoms with Gasteiger partial charge in [-0.05, 0) is 37.0 Å². The smallest absolute Gasteiger partial charge is 0.255 e. The number of ether oxygens (including phenoxy) is 3. The maximum atomic E-state index is 10.1. The van der Waals surface area contributed by atoms with Crippen LogP contribution in [0.3, 0.4) is 0 Å². The SMILES string of the molecule is COc1ccc(CCCCC[C@H]2O[C@](N)(OC)[C@H](O)[C@@H](O)[C@@H]2O)cc1. The van der Waals surface area contributed by atoms with Crippen molar-refractivity contribution in [3.05, 3.63) is 29.8 Å². The maximum Gasteiger partial charge on any atom is 0.255 e. The zero-order valence-corrected chi connectivity index (χ0v) is 14.8. The van der Waals surface area contributed by atoms with E-state index in [0.717, 1.165) is 31.4 Å². The van der Waals surface area contributed by atoms with Crippen molar-refractivity contribution >= 4 is 0 Å². The van der Waals surface area contributed by atoms with Crippen LogP contribution >= 0.6 is 0 Å². The highest BCUT2D eigenvalue weighted by atomic mass is 16.7. The first-order chi connectivity index (χ1) is 11.9. The molecule has 1 fully saturated rings. The van der Waals surface area contributed by atoms with Gasteiger partial charge >= 0.3 is 0 Å². The molecule has 2 rings (SSSR count). The Bertz CT molecular complexity index is 525. The van der Waals surface area contributed by atoms with E-state index in [4.69, 9.17) is 19.9 Å². The molecule has 0 radical (unpaired) electrons. The third-order valence-electron chi connectivity index (χ3n) is 4.73. The zero-order valence-electron chi connectivity index (χ0n) is 14.8. The molecule has 142 valence electrons. The van der Waals surface area contributed by atoms with E-state index in [1.807, 2.05) is 24.3 Å². The summed E-state index contributed by atoms with van der Waals surface area (Å²) in [5.41, 5.74) is 7.04. The second-order valence-corrected chi connectivity index (χ2v) is 6.46. The average molecular weight is 355 g/mol. The Kier molecular flexibility index (Phi) is 7.18. The molecule has 1 aliphatic heterocycles. The number of nitrogens with two attached hydrogens (primary N) is 1. The van der Waals surface area contributed by atoms with Crippen molar-refractivity contribution in [2.75, 3.05) is 14.2 Å². The highest BCUT2D eigenvalue weighted by Gasteiger charge is 2.51. The van der Waals surface area contributed by atoms with Crippen LogP contribution in [0.15, 0.2) is 24.3 Å². The fourth-order valence-electron chi connectivity index (χ4n) is 3.06. The zero-order chi connectivity index (χ0) is 18.4. The van der Waals surface area contributed by atoms with Crippen LogP contribution in [0.5, 0.6) is 5.75 Å². The van der Waals surface area contributed by atoms with E-state index in [0.29, 0.717) is 6.42 Å². The van der Waals surface area contributed by atoms with Gasteiger partial charge in [0, 0.05) is 7.11 Å². The van der Waals surface area contributed by atoms with Gasteiger partial charge in [-0.1, -0.05) is 25.0 Å². The average Bonchev–Trinajstić information content (AvgIpc) is 2.64. The molecule has 5 atom stereocenters. The Labute approximate surface area is 148 Å². The van der Waals surface area contributed by atoms with Crippen molar-refractivity contribution in [2.24, 2.45) is 5.73 Å². The van der Waals surface area contributed by atoms with Crippen molar-refractivity contribution in [2.45, 2.75) is 62.4 Å². The van der Waals surface area contributed by atoms with Crippen LogP contribution in [0.1, 0.15) is 31.2 Å². The molecular weight excluding hydrogens is 326 g/mol. The molecule has 7 nitrogen and oxygen atoms in total. The summed E-state index contributed by atoms with van der Waals surface area (Å²) in [7, 11) is 2.94. The third-order valence-corrected chi connectivity index (χ3v) is 4.73. The molecule has 5 N–H and O–H groups in total. The van der Waals surface area contributed by atoms with Crippen LogP contribution in [0.4, 0.5) is 0 Å². The second kappa shape index (κ2) is 8.93. The van der Waals surface area contributed by atoms with Gasteiger partial charge in [-0.3, -0.25) is 5.73 Å². The molecule has 1 heterocycles. The molecule has 1 aromatic rings. The summed E-state index contributed by atoms with van der Waals surface area (Å²) in [6.07, 6.45) is -0.538. The fraction of sp³-hybridized carbons (Fsp3) is 0.667. The van der Waals surface area contributed by atoms with Crippen LogP contribution in [0, 0.1) is 0 Å². The summed E-state index contributed by atoms with van der Waals surface area (Å²) in [4.78, 5) is 0. The van der Waals surface area contributed by atoms with E-state index in [2.05, 4.69) is 0 Å². The fourth-order valence-corrected chi connectivity index (χ4v) is 3.06. The van der Waals surface area contributed by atoms with Crippen molar-refractivity contribution in [3.8, 4) is 5.75 Å². The van der Waals surface area contributed by atoms with Gasteiger partial charge in [0.25, 0.3) is 5.91 Å². The Morgan fingerprint density at radius 1 is 1.04 bits per heavy atom. The highest BCUT2D eigenvalue weighted by Crippen LogP contribution is 2.29. The van der Waals surface area contributed by atoms with Gasteiger partial charge in [-0.15, -0.1) is 0 Å². The largest absolute Gasteiger partial charge is 0.497 e. The van der Waals surface area contributed by atoms with E-state index in [1.165, 1.54) is 12.7 Å². The number of methoxy groups -OCH3 is 2. The van der Waals surface area contributed by atoms with Gasteiger partial charge < -0.3 is 29.5 Å². The van der Waals surface area contributed by atoms with Crippen LogP contribution in [0.2, 0.25) is 0 Å². The molecule has 0 spiro atoms. The molecule has 1 saturated heterocycles. The van der Waals surface area contributed by atoms with Crippen molar-refractivity contribution in [3.63, 3.8) is 0 Å². The van der Waals surface area contributed by atoms with Crippen molar-refractivity contribution in [1.82, 2.24) is 0 Å².